The van der Waals surface area contributed by atoms with Gasteiger partial charge in [0.05, 0.1) is 0 Å². The van der Waals surface area contributed by atoms with Crippen LogP contribution < -0.4 is 5.73 Å². The van der Waals surface area contributed by atoms with Crippen molar-refractivity contribution in [3.8, 4) is 0 Å². The van der Waals surface area contributed by atoms with Crippen molar-refractivity contribution in [3.63, 3.8) is 0 Å². The molecule has 0 aromatic heterocycles. The van der Waals surface area contributed by atoms with Gasteiger partial charge in [0.2, 0.25) is 0 Å². The Labute approximate surface area is 87.3 Å². The first-order valence-corrected chi connectivity index (χ1v) is 5.36. The standard InChI is InChI=1S/C13H21N/c1-9(2)13-7-10(3)11(4)12(8-13)5-6-14/h7-9H,5-6,14H2,1-4H3. The number of rotatable bonds is 3. The summed E-state index contributed by atoms with van der Waals surface area (Å²) in [5, 5.41) is 0. The quantitative estimate of drug-likeness (QED) is 0.781. The molecule has 0 unspecified atom stereocenters. The Morgan fingerprint density at radius 3 is 2.36 bits per heavy atom. The van der Waals surface area contributed by atoms with Crippen LogP contribution in [0.1, 0.15) is 42.0 Å². The molecule has 0 atom stereocenters. The maximum absolute atomic E-state index is 5.61. The molecule has 0 aliphatic heterocycles. The van der Waals surface area contributed by atoms with E-state index in [4.69, 9.17) is 5.73 Å². The molecule has 0 saturated carbocycles. The van der Waals surface area contributed by atoms with Gasteiger partial charge in [-0.2, -0.15) is 0 Å². The maximum Gasteiger partial charge on any atom is -0.00366 e. The Hall–Kier alpha value is -0.820. The SMILES string of the molecule is Cc1cc(C(C)C)cc(CCN)c1C. The smallest absolute Gasteiger partial charge is 0.00366 e. The van der Waals surface area contributed by atoms with E-state index in [2.05, 4.69) is 39.8 Å². The van der Waals surface area contributed by atoms with Crippen molar-refractivity contribution in [1.82, 2.24) is 0 Å². The molecule has 0 bridgehead atoms. The highest BCUT2D eigenvalue weighted by molar-refractivity contribution is 5.39. The predicted molar refractivity (Wildman–Crippen MR) is 62.8 cm³/mol. The first-order valence-electron chi connectivity index (χ1n) is 5.36. The van der Waals surface area contributed by atoms with E-state index >= 15 is 0 Å². The Bertz CT molecular complexity index is 313. The summed E-state index contributed by atoms with van der Waals surface area (Å²) in [4.78, 5) is 0. The van der Waals surface area contributed by atoms with Crippen molar-refractivity contribution < 1.29 is 0 Å². The minimum atomic E-state index is 0.603. The molecule has 1 aromatic rings. The Kier molecular flexibility index (Phi) is 3.70. The number of hydrogen-bond acceptors (Lipinski definition) is 1. The second-order valence-corrected chi connectivity index (χ2v) is 4.32. The molecule has 1 rings (SSSR count). The van der Waals surface area contributed by atoms with Gasteiger partial charge in [-0.1, -0.05) is 26.0 Å². The topological polar surface area (TPSA) is 26.0 Å². The van der Waals surface area contributed by atoms with Gasteiger partial charge in [-0.15, -0.1) is 0 Å². The van der Waals surface area contributed by atoms with Crippen LogP contribution in [0.3, 0.4) is 0 Å². The molecule has 0 heterocycles. The van der Waals surface area contributed by atoms with E-state index in [1.165, 1.54) is 22.3 Å². The third-order valence-electron chi connectivity index (χ3n) is 2.88. The summed E-state index contributed by atoms with van der Waals surface area (Å²) in [6, 6.07) is 4.60. The zero-order valence-electron chi connectivity index (χ0n) is 9.72. The van der Waals surface area contributed by atoms with Crippen LogP contribution in [0.5, 0.6) is 0 Å². The minimum Gasteiger partial charge on any atom is -0.330 e. The van der Waals surface area contributed by atoms with Gasteiger partial charge < -0.3 is 5.73 Å². The zero-order valence-corrected chi connectivity index (χ0v) is 9.72. The summed E-state index contributed by atoms with van der Waals surface area (Å²) < 4.78 is 0. The van der Waals surface area contributed by atoms with Crippen LogP contribution in [0, 0.1) is 13.8 Å². The van der Waals surface area contributed by atoms with Crippen LogP contribution in [0.2, 0.25) is 0 Å². The summed E-state index contributed by atoms with van der Waals surface area (Å²) >= 11 is 0. The van der Waals surface area contributed by atoms with E-state index in [0.29, 0.717) is 5.92 Å². The van der Waals surface area contributed by atoms with Crippen molar-refractivity contribution in [2.24, 2.45) is 5.73 Å². The van der Waals surface area contributed by atoms with Crippen LogP contribution in [-0.4, -0.2) is 6.54 Å². The zero-order chi connectivity index (χ0) is 10.7. The van der Waals surface area contributed by atoms with E-state index in [-0.39, 0.29) is 0 Å². The molecule has 1 heteroatoms. The van der Waals surface area contributed by atoms with Crippen molar-refractivity contribution in [1.29, 1.82) is 0 Å². The third-order valence-corrected chi connectivity index (χ3v) is 2.88. The maximum atomic E-state index is 5.61. The third kappa shape index (κ3) is 2.36. The first kappa shape index (κ1) is 11.3. The Morgan fingerprint density at radius 2 is 1.86 bits per heavy atom. The van der Waals surface area contributed by atoms with Gasteiger partial charge in [0.1, 0.15) is 0 Å². The van der Waals surface area contributed by atoms with Gasteiger partial charge in [-0.25, -0.2) is 0 Å². The van der Waals surface area contributed by atoms with Crippen molar-refractivity contribution in [2.75, 3.05) is 6.54 Å². The van der Waals surface area contributed by atoms with Crippen LogP contribution in [0.25, 0.3) is 0 Å². The summed E-state index contributed by atoms with van der Waals surface area (Å²) in [6.45, 7) is 9.57. The Balaban J connectivity index is 3.14. The number of hydrogen-bond donors (Lipinski definition) is 1. The van der Waals surface area contributed by atoms with Crippen LogP contribution in [-0.2, 0) is 6.42 Å². The van der Waals surface area contributed by atoms with Crippen molar-refractivity contribution in [2.45, 2.75) is 40.0 Å². The van der Waals surface area contributed by atoms with E-state index in [1.807, 2.05) is 0 Å². The highest BCUT2D eigenvalue weighted by atomic mass is 14.5. The Morgan fingerprint density at radius 1 is 1.21 bits per heavy atom. The second-order valence-electron chi connectivity index (χ2n) is 4.32. The number of benzene rings is 1. The monoisotopic (exact) mass is 191 g/mol. The lowest BCUT2D eigenvalue weighted by molar-refractivity contribution is 0.853. The van der Waals surface area contributed by atoms with Crippen LogP contribution in [0.15, 0.2) is 12.1 Å². The molecule has 1 nitrogen and oxygen atoms in total. The lowest BCUT2D eigenvalue weighted by Gasteiger charge is -2.13. The lowest BCUT2D eigenvalue weighted by Crippen LogP contribution is -2.06. The lowest BCUT2D eigenvalue weighted by atomic mass is 9.93. The molecule has 0 aliphatic carbocycles. The molecular weight excluding hydrogens is 170 g/mol. The van der Waals surface area contributed by atoms with Gasteiger partial charge in [0.15, 0.2) is 0 Å². The molecule has 0 spiro atoms. The van der Waals surface area contributed by atoms with Crippen molar-refractivity contribution >= 4 is 0 Å². The summed E-state index contributed by atoms with van der Waals surface area (Å²) in [6.07, 6.45) is 0.993. The predicted octanol–water partition coefficient (Wildman–Crippen LogP) is 2.93. The molecule has 2 N–H and O–H groups in total. The number of nitrogens with two attached hydrogens (primary N) is 1. The highest BCUT2D eigenvalue weighted by Crippen LogP contribution is 2.22. The molecule has 14 heavy (non-hydrogen) atoms. The molecule has 0 fully saturated rings. The van der Waals surface area contributed by atoms with Gasteiger partial charge in [0, 0.05) is 0 Å². The van der Waals surface area contributed by atoms with E-state index in [1.54, 1.807) is 0 Å². The normalized spacial score (nSPS) is 11.0. The summed E-state index contributed by atoms with van der Waals surface area (Å²) in [7, 11) is 0. The second kappa shape index (κ2) is 4.61. The fourth-order valence-electron chi connectivity index (χ4n) is 1.71. The average Bonchev–Trinajstić information content (AvgIpc) is 2.12. The summed E-state index contributed by atoms with van der Waals surface area (Å²) in [5.41, 5.74) is 11.2. The van der Waals surface area contributed by atoms with Crippen LogP contribution in [0.4, 0.5) is 0 Å². The molecule has 1 aromatic carbocycles. The minimum absolute atomic E-state index is 0.603. The fraction of sp³-hybridized carbons (Fsp3) is 0.538. The molecule has 78 valence electrons. The van der Waals surface area contributed by atoms with Crippen molar-refractivity contribution in [3.05, 3.63) is 34.4 Å². The molecule has 0 radical (unpaired) electrons. The molecule has 0 aliphatic rings. The highest BCUT2D eigenvalue weighted by Gasteiger charge is 2.06. The largest absolute Gasteiger partial charge is 0.330 e. The van der Waals surface area contributed by atoms with E-state index in [9.17, 15) is 0 Å². The van der Waals surface area contributed by atoms with E-state index < -0.39 is 0 Å². The average molecular weight is 191 g/mol. The fourth-order valence-corrected chi connectivity index (χ4v) is 1.71. The molecular formula is C13H21N. The summed E-state index contributed by atoms with van der Waals surface area (Å²) in [5.74, 6) is 0.603. The van der Waals surface area contributed by atoms with Gasteiger partial charge in [-0.3, -0.25) is 0 Å². The van der Waals surface area contributed by atoms with E-state index in [0.717, 1.165) is 13.0 Å². The first-order chi connectivity index (χ1) is 6.56. The van der Waals surface area contributed by atoms with Gasteiger partial charge in [0.25, 0.3) is 0 Å². The molecule has 0 amide bonds. The van der Waals surface area contributed by atoms with Gasteiger partial charge in [-0.05, 0) is 55.0 Å². The molecule has 0 saturated heterocycles. The van der Waals surface area contributed by atoms with Gasteiger partial charge >= 0.3 is 0 Å². The number of aryl methyl sites for hydroxylation is 1. The van der Waals surface area contributed by atoms with Crippen LogP contribution >= 0.6 is 0 Å².